The van der Waals surface area contributed by atoms with Gasteiger partial charge in [-0.15, -0.1) is 0 Å². The fraction of sp³-hybridized carbons (Fsp3) is 0.875. The first-order valence-electron chi connectivity index (χ1n) is 3.77. The molecule has 0 aromatic heterocycles. The molecule has 0 aromatic carbocycles. The van der Waals surface area contributed by atoms with Crippen LogP contribution in [0.4, 0.5) is 0 Å². The van der Waals surface area contributed by atoms with Crippen LogP contribution in [-0.2, 0) is 0 Å². The van der Waals surface area contributed by atoms with E-state index in [0.29, 0.717) is 0 Å². The predicted molar refractivity (Wildman–Crippen MR) is 41.3 cm³/mol. The monoisotopic (exact) mass is 141 g/mol. The van der Waals surface area contributed by atoms with Crippen LogP contribution in [0.3, 0.4) is 0 Å². The molecule has 2 atom stereocenters. The molecular formula is C8H15NO. The Morgan fingerprint density at radius 3 is 2.60 bits per heavy atom. The summed E-state index contributed by atoms with van der Waals surface area (Å²) in [6.07, 6.45) is 2.41. The standard InChI is InChI=1S/C8H15NO/c1-4-5-6-7(2)8(10)9-3/h7-8,10H,4-6H2,1-2H3/t7?,8-/m1/s1. The molecule has 0 heterocycles. The normalized spacial score (nSPS) is 15.8. The maximum atomic E-state index is 9.00. The highest BCUT2D eigenvalue weighted by molar-refractivity contribution is 4.72. The van der Waals surface area contributed by atoms with Crippen molar-refractivity contribution in [1.82, 2.24) is 0 Å². The third-order valence-corrected chi connectivity index (χ3v) is 1.65. The van der Waals surface area contributed by atoms with Crippen LogP contribution in [0, 0.1) is 12.5 Å². The van der Waals surface area contributed by atoms with Gasteiger partial charge in [0.1, 0.15) is 0 Å². The lowest BCUT2D eigenvalue weighted by molar-refractivity contribution is 0.153. The molecule has 10 heavy (non-hydrogen) atoms. The van der Waals surface area contributed by atoms with Gasteiger partial charge in [0, 0.05) is 0 Å². The van der Waals surface area contributed by atoms with Crippen LogP contribution in [0.5, 0.6) is 0 Å². The summed E-state index contributed by atoms with van der Waals surface area (Å²) in [6, 6.07) is 0. The third kappa shape index (κ3) is 3.47. The molecule has 0 spiro atoms. The maximum absolute atomic E-state index is 9.00. The van der Waals surface area contributed by atoms with Gasteiger partial charge in [-0.2, -0.15) is 0 Å². The highest BCUT2D eigenvalue weighted by atomic mass is 16.3. The molecule has 0 aromatic rings. The van der Waals surface area contributed by atoms with E-state index in [1.165, 1.54) is 0 Å². The molecule has 0 aliphatic carbocycles. The van der Waals surface area contributed by atoms with E-state index in [1.54, 1.807) is 0 Å². The first kappa shape index (κ1) is 9.45. The van der Waals surface area contributed by atoms with Crippen LogP contribution in [-0.4, -0.2) is 11.3 Å². The van der Waals surface area contributed by atoms with E-state index in [2.05, 4.69) is 11.8 Å². The average molecular weight is 141 g/mol. The van der Waals surface area contributed by atoms with Crippen molar-refractivity contribution in [2.75, 3.05) is 0 Å². The Morgan fingerprint density at radius 1 is 1.60 bits per heavy atom. The molecule has 2 nitrogen and oxygen atoms in total. The van der Waals surface area contributed by atoms with Gasteiger partial charge in [0.15, 0.2) is 0 Å². The molecule has 2 heteroatoms. The number of rotatable bonds is 4. The van der Waals surface area contributed by atoms with Gasteiger partial charge in [-0.1, -0.05) is 26.7 Å². The number of aliphatic hydroxyl groups excluding tert-OH is 1. The lowest BCUT2D eigenvalue weighted by Gasteiger charge is -2.06. The highest BCUT2D eigenvalue weighted by Crippen LogP contribution is 2.12. The molecule has 0 rings (SSSR count). The van der Waals surface area contributed by atoms with Crippen molar-refractivity contribution in [1.29, 1.82) is 0 Å². The fourth-order valence-corrected chi connectivity index (χ4v) is 0.802. The molecule has 1 N–H and O–H groups in total. The van der Waals surface area contributed by atoms with Crippen LogP contribution in [0.1, 0.15) is 33.1 Å². The van der Waals surface area contributed by atoms with Crippen LogP contribution < -0.4 is 0 Å². The largest absolute Gasteiger partial charge is 0.327 e. The van der Waals surface area contributed by atoms with Crippen molar-refractivity contribution in [2.24, 2.45) is 5.92 Å². The Balaban J connectivity index is 3.43. The summed E-state index contributed by atoms with van der Waals surface area (Å²) in [5.74, 6) is 0.137. The molecule has 0 radical (unpaired) electrons. The van der Waals surface area contributed by atoms with Crippen molar-refractivity contribution in [2.45, 2.75) is 39.3 Å². The van der Waals surface area contributed by atoms with Crippen molar-refractivity contribution in [3.8, 4) is 0 Å². The Kier molecular flexibility index (Phi) is 4.96. The lowest BCUT2D eigenvalue weighted by Crippen LogP contribution is -2.12. The minimum Gasteiger partial charge on any atom is -0.326 e. The van der Waals surface area contributed by atoms with Gasteiger partial charge < -0.3 is 5.11 Å². The molecule has 0 saturated carbocycles. The molecule has 58 valence electrons. The van der Waals surface area contributed by atoms with Gasteiger partial charge in [-0.3, -0.25) is 4.85 Å². The minimum absolute atomic E-state index is 0.137. The smallest absolute Gasteiger partial charge is 0.326 e. The quantitative estimate of drug-likeness (QED) is 0.595. The minimum atomic E-state index is -0.786. The van der Waals surface area contributed by atoms with Gasteiger partial charge in [0.2, 0.25) is 0 Å². The van der Waals surface area contributed by atoms with E-state index < -0.39 is 6.23 Å². The van der Waals surface area contributed by atoms with Gasteiger partial charge >= 0.3 is 6.23 Å². The van der Waals surface area contributed by atoms with E-state index in [-0.39, 0.29) is 5.92 Å². The van der Waals surface area contributed by atoms with Crippen LogP contribution in [0.15, 0.2) is 0 Å². The second-order valence-corrected chi connectivity index (χ2v) is 2.66. The Hall–Kier alpha value is -0.550. The number of unbranched alkanes of at least 4 members (excludes halogenated alkanes) is 1. The Labute approximate surface area is 62.7 Å². The topological polar surface area (TPSA) is 24.6 Å². The second kappa shape index (κ2) is 5.25. The van der Waals surface area contributed by atoms with Gasteiger partial charge in [-0.05, 0) is 6.42 Å². The summed E-state index contributed by atoms with van der Waals surface area (Å²) in [5.41, 5.74) is 0. The molecule has 1 unspecified atom stereocenters. The Morgan fingerprint density at radius 2 is 2.20 bits per heavy atom. The van der Waals surface area contributed by atoms with Gasteiger partial charge in [0.25, 0.3) is 0 Å². The summed E-state index contributed by atoms with van der Waals surface area (Å²) >= 11 is 0. The van der Waals surface area contributed by atoms with Crippen LogP contribution >= 0.6 is 0 Å². The van der Waals surface area contributed by atoms with Gasteiger partial charge in [-0.25, -0.2) is 6.57 Å². The molecule has 0 saturated heterocycles. The number of hydrogen-bond acceptors (Lipinski definition) is 1. The van der Waals surface area contributed by atoms with Gasteiger partial charge in [0.05, 0.1) is 5.92 Å². The molecule has 0 bridgehead atoms. The van der Waals surface area contributed by atoms with E-state index in [1.807, 2.05) is 6.92 Å². The predicted octanol–water partition coefficient (Wildman–Crippen LogP) is 2.05. The summed E-state index contributed by atoms with van der Waals surface area (Å²) in [6.45, 7) is 10.6. The summed E-state index contributed by atoms with van der Waals surface area (Å²) < 4.78 is 0. The second-order valence-electron chi connectivity index (χ2n) is 2.66. The zero-order valence-electron chi connectivity index (χ0n) is 6.67. The highest BCUT2D eigenvalue weighted by Gasteiger charge is 2.16. The molecule has 0 amide bonds. The number of hydrogen-bond donors (Lipinski definition) is 1. The molecular weight excluding hydrogens is 126 g/mol. The average Bonchev–Trinajstić information content (AvgIpc) is 1.98. The van der Waals surface area contributed by atoms with Crippen LogP contribution in [0.25, 0.3) is 4.85 Å². The lowest BCUT2D eigenvalue weighted by atomic mass is 10.0. The van der Waals surface area contributed by atoms with E-state index in [9.17, 15) is 0 Å². The summed E-state index contributed by atoms with van der Waals surface area (Å²) in [5, 5.41) is 9.00. The van der Waals surface area contributed by atoms with E-state index >= 15 is 0 Å². The zero-order valence-corrected chi connectivity index (χ0v) is 6.67. The Bertz CT molecular complexity index is 117. The van der Waals surface area contributed by atoms with Crippen LogP contribution in [0.2, 0.25) is 0 Å². The first-order valence-corrected chi connectivity index (χ1v) is 3.77. The van der Waals surface area contributed by atoms with E-state index in [4.69, 9.17) is 11.7 Å². The molecule has 0 aliphatic heterocycles. The third-order valence-electron chi connectivity index (χ3n) is 1.65. The van der Waals surface area contributed by atoms with Crippen molar-refractivity contribution in [3.63, 3.8) is 0 Å². The summed E-state index contributed by atoms with van der Waals surface area (Å²) in [4.78, 5) is 3.05. The van der Waals surface area contributed by atoms with Crippen molar-refractivity contribution < 1.29 is 5.11 Å². The molecule has 0 aliphatic rings. The number of aliphatic hydroxyl groups is 1. The first-order chi connectivity index (χ1) is 4.72. The SMILES string of the molecule is [C-]#[N+][C@H](O)C(C)CCCC. The van der Waals surface area contributed by atoms with E-state index in [0.717, 1.165) is 19.3 Å². The maximum Gasteiger partial charge on any atom is 0.327 e. The number of nitrogens with zero attached hydrogens (tertiary/aromatic N) is 1. The fourth-order valence-electron chi connectivity index (χ4n) is 0.802. The summed E-state index contributed by atoms with van der Waals surface area (Å²) in [7, 11) is 0. The van der Waals surface area contributed by atoms with Crippen molar-refractivity contribution in [3.05, 3.63) is 11.4 Å². The zero-order chi connectivity index (χ0) is 7.98. The van der Waals surface area contributed by atoms with Crippen molar-refractivity contribution >= 4 is 0 Å². The molecule has 0 fully saturated rings.